The van der Waals surface area contributed by atoms with Gasteiger partial charge in [0.25, 0.3) is 5.91 Å². The average molecular weight is 379 g/mol. The normalized spacial score (nSPS) is 11.4. The zero-order valence-corrected chi connectivity index (χ0v) is 15.0. The SMILES string of the molecule is COc1ccc(CC(=O)O[C@@H](C)C(=O)Nc2cc(F)ccc2F)c(OC)c1. The Morgan fingerprint density at radius 1 is 1.07 bits per heavy atom. The lowest BCUT2D eigenvalue weighted by molar-refractivity contribution is -0.152. The summed E-state index contributed by atoms with van der Waals surface area (Å²) in [5.74, 6) is -1.97. The Morgan fingerprint density at radius 2 is 1.81 bits per heavy atom. The molecule has 0 aromatic heterocycles. The summed E-state index contributed by atoms with van der Waals surface area (Å²) in [4.78, 5) is 24.2. The third-order valence-electron chi connectivity index (χ3n) is 3.69. The van der Waals surface area contributed by atoms with Gasteiger partial charge in [0.05, 0.1) is 26.3 Å². The van der Waals surface area contributed by atoms with E-state index in [0.717, 1.165) is 18.2 Å². The summed E-state index contributed by atoms with van der Waals surface area (Å²) in [6.45, 7) is 1.33. The number of esters is 1. The van der Waals surface area contributed by atoms with Crippen LogP contribution < -0.4 is 14.8 Å². The number of halogens is 2. The van der Waals surface area contributed by atoms with Crippen molar-refractivity contribution >= 4 is 17.6 Å². The molecule has 0 aliphatic carbocycles. The number of nitrogens with one attached hydrogen (secondary N) is 1. The molecule has 0 fully saturated rings. The van der Waals surface area contributed by atoms with Gasteiger partial charge in [-0.2, -0.15) is 0 Å². The van der Waals surface area contributed by atoms with Crippen molar-refractivity contribution in [2.45, 2.75) is 19.4 Å². The minimum absolute atomic E-state index is 0.140. The molecule has 1 amide bonds. The van der Waals surface area contributed by atoms with Crippen LogP contribution in [0.3, 0.4) is 0 Å². The molecule has 0 aliphatic heterocycles. The van der Waals surface area contributed by atoms with E-state index in [4.69, 9.17) is 14.2 Å². The van der Waals surface area contributed by atoms with E-state index in [0.29, 0.717) is 17.1 Å². The van der Waals surface area contributed by atoms with Crippen LogP contribution in [0, 0.1) is 11.6 Å². The van der Waals surface area contributed by atoms with E-state index < -0.39 is 29.6 Å². The molecule has 0 unspecified atom stereocenters. The van der Waals surface area contributed by atoms with Gasteiger partial charge in [0.1, 0.15) is 23.1 Å². The van der Waals surface area contributed by atoms with Gasteiger partial charge in [0.15, 0.2) is 6.10 Å². The molecule has 27 heavy (non-hydrogen) atoms. The zero-order valence-electron chi connectivity index (χ0n) is 15.0. The maximum Gasteiger partial charge on any atom is 0.311 e. The van der Waals surface area contributed by atoms with E-state index in [1.807, 2.05) is 0 Å². The Kier molecular flexibility index (Phi) is 6.70. The van der Waals surface area contributed by atoms with Gasteiger partial charge in [-0.1, -0.05) is 6.07 Å². The van der Waals surface area contributed by atoms with Gasteiger partial charge >= 0.3 is 5.97 Å². The minimum Gasteiger partial charge on any atom is -0.497 e. The number of ether oxygens (including phenoxy) is 3. The molecular weight excluding hydrogens is 360 g/mol. The highest BCUT2D eigenvalue weighted by atomic mass is 19.1. The molecule has 0 saturated heterocycles. The van der Waals surface area contributed by atoms with E-state index in [1.54, 1.807) is 18.2 Å². The van der Waals surface area contributed by atoms with Crippen molar-refractivity contribution in [2.24, 2.45) is 0 Å². The first-order chi connectivity index (χ1) is 12.8. The lowest BCUT2D eigenvalue weighted by atomic mass is 10.1. The van der Waals surface area contributed by atoms with Gasteiger partial charge in [-0.25, -0.2) is 8.78 Å². The molecular formula is C19H19F2NO5. The first-order valence-corrected chi connectivity index (χ1v) is 8.00. The van der Waals surface area contributed by atoms with Gasteiger partial charge in [0, 0.05) is 17.7 Å². The van der Waals surface area contributed by atoms with Crippen LogP contribution in [0.5, 0.6) is 11.5 Å². The largest absolute Gasteiger partial charge is 0.497 e. The number of methoxy groups -OCH3 is 2. The number of amides is 1. The maximum absolute atomic E-state index is 13.6. The molecule has 0 bridgehead atoms. The molecule has 144 valence electrons. The Morgan fingerprint density at radius 3 is 2.48 bits per heavy atom. The molecule has 1 N–H and O–H groups in total. The first kappa shape index (κ1) is 20.2. The molecule has 2 rings (SSSR count). The van der Waals surface area contributed by atoms with E-state index in [-0.39, 0.29) is 12.1 Å². The summed E-state index contributed by atoms with van der Waals surface area (Å²) in [6, 6.07) is 7.57. The van der Waals surface area contributed by atoms with Crippen LogP contribution in [0.2, 0.25) is 0 Å². The van der Waals surface area contributed by atoms with Gasteiger partial charge in [-0.3, -0.25) is 9.59 Å². The molecule has 0 aliphatic rings. The molecule has 0 heterocycles. The molecule has 2 aromatic carbocycles. The number of benzene rings is 2. The van der Waals surface area contributed by atoms with Crippen molar-refractivity contribution in [2.75, 3.05) is 19.5 Å². The third kappa shape index (κ3) is 5.40. The van der Waals surface area contributed by atoms with E-state index >= 15 is 0 Å². The number of carbonyl (C=O) groups excluding carboxylic acids is 2. The van der Waals surface area contributed by atoms with Crippen molar-refractivity contribution in [1.29, 1.82) is 0 Å². The van der Waals surface area contributed by atoms with Crippen LogP contribution in [-0.4, -0.2) is 32.2 Å². The van der Waals surface area contributed by atoms with Crippen molar-refractivity contribution in [3.8, 4) is 11.5 Å². The van der Waals surface area contributed by atoms with Crippen molar-refractivity contribution in [3.05, 3.63) is 53.6 Å². The number of hydrogen-bond acceptors (Lipinski definition) is 5. The fourth-order valence-electron chi connectivity index (χ4n) is 2.27. The van der Waals surface area contributed by atoms with Crippen LogP contribution in [-0.2, 0) is 20.7 Å². The Bertz CT molecular complexity index is 841. The molecule has 1 atom stereocenters. The molecule has 6 nitrogen and oxygen atoms in total. The number of carbonyl (C=O) groups is 2. The highest BCUT2D eigenvalue weighted by molar-refractivity contribution is 5.95. The van der Waals surface area contributed by atoms with E-state index in [9.17, 15) is 18.4 Å². The second-order valence-corrected chi connectivity index (χ2v) is 5.60. The summed E-state index contributed by atoms with van der Waals surface area (Å²) in [6.07, 6.45) is -1.34. The van der Waals surface area contributed by atoms with Gasteiger partial charge < -0.3 is 19.5 Å². The quantitative estimate of drug-likeness (QED) is 0.749. The predicted molar refractivity (Wildman–Crippen MR) is 93.8 cm³/mol. The lowest BCUT2D eigenvalue weighted by Crippen LogP contribution is -2.30. The predicted octanol–water partition coefficient (Wildman–Crippen LogP) is 3.09. The topological polar surface area (TPSA) is 73.9 Å². The molecule has 2 aromatic rings. The van der Waals surface area contributed by atoms with Crippen LogP contribution in [0.1, 0.15) is 12.5 Å². The number of rotatable bonds is 7. The van der Waals surface area contributed by atoms with Crippen molar-refractivity contribution in [3.63, 3.8) is 0 Å². The summed E-state index contributed by atoms with van der Waals surface area (Å²) in [7, 11) is 2.96. The van der Waals surface area contributed by atoms with Crippen LogP contribution in [0.25, 0.3) is 0 Å². The average Bonchev–Trinajstić information content (AvgIpc) is 2.64. The standard InChI is InChI=1S/C19H19F2NO5/c1-11(19(24)22-16-9-13(20)5-7-15(16)21)27-18(23)8-12-4-6-14(25-2)10-17(12)26-3/h4-7,9-11H,8H2,1-3H3,(H,22,24)/t11-/m0/s1. The second-order valence-electron chi connectivity index (χ2n) is 5.60. The highest BCUT2D eigenvalue weighted by Crippen LogP contribution is 2.25. The fourth-order valence-corrected chi connectivity index (χ4v) is 2.27. The van der Waals surface area contributed by atoms with Crippen LogP contribution in [0.15, 0.2) is 36.4 Å². The van der Waals surface area contributed by atoms with Crippen LogP contribution in [0.4, 0.5) is 14.5 Å². The Balaban J connectivity index is 1.98. The third-order valence-corrected chi connectivity index (χ3v) is 3.69. The van der Waals surface area contributed by atoms with E-state index in [1.165, 1.54) is 21.1 Å². The summed E-state index contributed by atoms with van der Waals surface area (Å²) in [5, 5.41) is 2.19. The van der Waals surface area contributed by atoms with Gasteiger partial charge in [-0.05, 0) is 25.1 Å². The summed E-state index contributed by atoms with van der Waals surface area (Å²) in [5.41, 5.74) is 0.215. The molecule has 0 spiro atoms. The summed E-state index contributed by atoms with van der Waals surface area (Å²) >= 11 is 0. The Labute approximate surface area is 155 Å². The zero-order chi connectivity index (χ0) is 20.0. The number of anilines is 1. The smallest absolute Gasteiger partial charge is 0.311 e. The van der Waals surface area contributed by atoms with Crippen LogP contribution >= 0.6 is 0 Å². The summed E-state index contributed by atoms with van der Waals surface area (Å²) < 4.78 is 42.1. The minimum atomic E-state index is -1.20. The fraction of sp³-hybridized carbons (Fsp3) is 0.263. The number of hydrogen-bond donors (Lipinski definition) is 1. The van der Waals surface area contributed by atoms with Gasteiger partial charge in [-0.15, -0.1) is 0 Å². The highest BCUT2D eigenvalue weighted by Gasteiger charge is 2.20. The molecule has 8 heteroatoms. The lowest BCUT2D eigenvalue weighted by Gasteiger charge is -2.15. The van der Waals surface area contributed by atoms with E-state index in [2.05, 4.69) is 5.32 Å². The van der Waals surface area contributed by atoms with Crippen molar-refractivity contribution < 1.29 is 32.6 Å². The second kappa shape index (κ2) is 8.98. The van der Waals surface area contributed by atoms with Gasteiger partial charge in [0.2, 0.25) is 0 Å². The molecule has 0 saturated carbocycles. The maximum atomic E-state index is 13.6. The van der Waals surface area contributed by atoms with Crippen molar-refractivity contribution in [1.82, 2.24) is 0 Å². The monoisotopic (exact) mass is 379 g/mol. The first-order valence-electron chi connectivity index (χ1n) is 8.00. The molecule has 0 radical (unpaired) electrons. The Hall–Kier alpha value is -3.16.